The van der Waals surface area contributed by atoms with Gasteiger partial charge in [0, 0.05) is 24.7 Å². The Bertz CT molecular complexity index is 768. The number of thioether (sulfide) groups is 1. The summed E-state index contributed by atoms with van der Waals surface area (Å²) in [5.74, 6) is -2.07. The predicted molar refractivity (Wildman–Crippen MR) is 93.9 cm³/mol. The second-order valence-electron chi connectivity index (χ2n) is 6.38. The van der Waals surface area contributed by atoms with Crippen LogP contribution in [0.15, 0.2) is 23.1 Å². The average Bonchev–Trinajstić information content (AvgIpc) is 2.59. The van der Waals surface area contributed by atoms with Crippen molar-refractivity contribution in [2.24, 2.45) is 11.1 Å². The van der Waals surface area contributed by atoms with Crippen molar-refractivity contribution in [3.05, 3.63) is 33.9 Å². The number of rotatable bonds is 6. The van der Waals surface area contributed by atoms with Crippen molar-refractivity contribution in [1.29, 1.82) is 0 Å². The van der Waals surface area contributed by atoms with Crippen molar-refractivity contribution < 1.29 is 24.4 Å². The third-order valence-corrected chi connectivity index (χ3v) is 5.40. The van der Waals surface area contributed by atoms with E-state index >= 15 is 0 Å². The standard InChI is InChI=1S/C16H19N3O6S/c1-16(15(22)23)5-2-6-18(9-16)13(20)8-26-12-4-3-10(14(17)21)7-11(12)19(24)25/h3-4,7H,2,5-6,8-9H2,1H3,(H2,17,21)(H,22,23). The SMILES string of the molecule is CC1(C(=O)O)CCCN(C(=O)CSc2ccc(C(N)=O)cc2[N+](=O)[O-])C1. The number of carbonyl (C=O) groups is 3. The van der Waals surface area contributed by atoms with Gasteiger partial charge in [0.05, 0.1) is 21.0 Å². The molecule has 0 spiro atoms. The van der Waals surface area contributed by atoms with Crippen molar-refractivity contribution in [1.82, 2.24) is 4.90 Å². The lowest BCUT2D eigenvalue weighted by atomic mass is 9.82. The van der Waals surface area contributed by atoms with Crippen molar-refractivity contribution in [2.75, 3.05) is 18.8 Å². The molecular weight excluding hydrogens is 362 g/mol. The number of likely N-dealkylation sites (tertiary alicyclic amines) is 1. The minimum atomic E-state index is -0.978. The Balaban J connectivity index is 2.08. The molecule has 2 amide bonds. The summed E-state index contributed by atoms with van der Waals surface area (Å²) >= 11 is 0.974. The zero-order chi connectivity index (χ0) is 19.5. The van der Waals surface area contributed by atoms with E-state index in [1.54, 1.807) is 6.92 Å². The Morgan fingerprint density at radius 3 is 2.69 bits per heavy atom. The topological polar surface area (TPSA) is 144 Å². The van der Waals surface area contributed by atoms with Crippen LogP contribution < -0.4 is 5.73 Å². The second kappa shape index (κ2) is 7.73. The molecule has 0 radical (unpaired) electrons. The Labute approximate surface area is 153 Å². The van der Waals surface area contributed by atoms with Crippen molar-refractivity contribution >= 4 is 35.2 Å². The summed E-state index contributed by atoms with van der Waals surface area (Å²) in [5, 5.41) is 20.5. The molecule has 9 nitrogen and oxygen atoms in total. The van der Waals surface area contributed by atoms with Crippen LogP contribution in [0.5, 0.6) is 0 Å². The smallest absolute Gasteiger partial charge is 0.311 e. The van der Waals surface area contributed by atoms with Crippen LogP contribution in [0.25, 0.3) is 0 Å². The van der Waals surface area contributed by atoms with Crippen molar-refractivity contribution in [3.63, 3.8) is 0 Å². The lowest BCUT2D eigenvalue weighted by Gasteiger charge is -2.37. The van der Waals surface area contributed by atoms with Gasteiger partial charge in [-0.15, -0.1) is 11.8 Å². The molecular formula is C16H19N3O6S. The summed E-state index contributed by atoms with van der Waals surface area (Å²) in [6.07, 6.45) is 1.09. The van der Waals surface area contributed by atoms with E-state index in [1.807, 2.05) is 0 Å². The molecule has 0 aliphatic carbocycles. The summed E-state index contributed by atoms with van der Waals surface area (Å²) in [4.78, 5) is 47.2. The van der Waals surface area contributed by atoms with Gasteiger partial charge in [-0.3, -0.25) is 24.5 Å². The number of primary amides is 1. The van der Waals surface area contributed by atoms with Gasteiger partial charge in [-0.1, -0.05) is 0 Å². The number of amides is 2. The first-order valence-corrected chi connectivity index (χ1v) is 8.85. The summed E-state index contributed by atoms with van der Waals surface area (Å²) in [5.41, 5.74) is 3.86. The molecule has 1 unspecified atom stereocenters. The van der Waals surface area contributed by atoms with Gasteiger partial charge in [0.25, 0.3) is 5.69 Å². The highest BCUT2D eigenvalue weighted by molar-refractivity contribution is 8.00. The van der Waals surface area contributed by atoms with Gasteiger partial charge >= 0.3 is 5.97 Å². The molecule has 1 saturated heterocycles. The van der Waals surface area contributed by atoms with Crippen LogP contribution in [0, 0.1) is 15.5 Å². The summed E-state index contributed by atoms with van der Waals surface area (Å²) in [6.45, 7) is 2.19. The molecule has 10 heteroatoms. The van der Waals surface area contributed by atoms with Crippen LogP contribution in [-0.4, -0.2) is 51.6 Å². The van der Waals surface area contributed by atoms with Crippen molar-refractivity contribution in [3.8, 4) is 0 Å². The van der Waals surface area contributed by atoms with Gasteiger partial charge in [-0.2, -0.15) is 0 Å². The molecule has 140 valence electrons. The van der Waals surface area contributed by atoms with E-state index in [2.05, 4.69) is 0 Å². The van der Waals surface area contributed by atoms with Crippen LogP contribution in [0.4, 0.5) is 5.69 Å². The van der Waals surface area contributed by atoms with Gasteiger partial charge in [0.2, 0.25) is 11.8 Å². The number of carbonyl (C=O) groups excluding carboxylic acids is 2. The monoisotopic (exact) mass is 381 g/mol. The predicted octanol–water partition coefficient (Wildman–Crippen LogP) is 1.50. The highest BCUT2D eigenvalue weighted by atomic mass is 32.2. The Kier molecular flexibility index (Phi) is 5.86. The summed E-state index contributed by atoms with van der Waals surface area (Å²) in [6, 6.07) is 3.83. The van der Waals surface area contributed by atoms with E-state index in [-0.39, 0.29) is 34.4 Å². The lowest BCUT2D eigenvalue weighted by molar-refractivity contribution is -0.387. The maximum atomic E-state index is 12.4. The number of carboxylic acid groups (broad SMARTS) is 1. The molecule has 1 aromatic rings. The molecule has 1 aliphatic rings. The molecule has 1 aliphatic heterocycles. The molecule has 26 heavy (non-hydrogen) atoms. The minimum Gasteiger partial charge on any atom is -0.481 e. The molecule has 1 atom stereocenters. The van der Waals surface area contributed by atoms with Crippen LogP contribution in [0.1, 0.15) is 30.1 Å². The minimum absolute atomic E-state index is 0.0145. The van der Waals surface area contributed by atoms with Crippen LogP contribution in [0.2, 0.25) is 0 Å². The summed E-state index contributed by atoms with van der Waals surface area (Å²) in [7, 11) is 0. The third kappa shape index (κ3) is 4.31. The fourth-order valence-corrected chi connectivity index (χ4v) is 3.70. The Morgan fingerprint density at radius 2 is 2.12 bits per heavy atom. The normalized spacial score (nSPS) is 19.8. The maximum Gasteiger partial charge on any atom is 0.311 e. The third-order valence-electron chi connectivity index (χ3n) is 4.36. The number of carboxylic acids is 1. The first-order valence-electron chi connectivity index (χ1n) is 7.86. The number of benzene rings is 1. The molecule has 1 fully saturated rings. The summed E-state index contributed by atoms with van der Waals surface area (Å²) < 4.78 is 0. The number of aliphatic carboxylic acids is 1. The number of piperidine rings is 1. The van der Waals surface area contributed by atoms with Crippen molar-refractivity contribution in [2.45, 2.75) is 24.7 Å². The molecule has 1 aromatic carbocycles. The Morgan fingerprint density at radius 1 is 1.42 bits per heavy atom. The molecule has 0 bridgehead atoms. The highest BCUT2D eigenvalue weighted by Crippen LogP contribution is 2.32. The van der Waals surface area contributed by atoms with E-state index in [0.29, 0.717) is 19.4 Å². The molecule has 0 aromatic heterocycles. The quantitative estimate of drug-likeness (QED) is 0.431. The molecule has 3 N–H and O–H groups in total. The van der Waals surface area contributed by atoms with E-state index in [9.17, 15) is 29.6 Å². The zero-order valence-corrected chi connectivity index (χ0v) is 15.0. The van der Waals surface area contributed by atoms with E-state index in [1.165, 1.54) is 17.0 Å². The first kappa shape index (κ1) is 19.7. The van der Waals surface area contributed by atoms with Crippen LogP contribution >= 0.6 is 11.8 Å². The number of nitro benzene ring substituents is 1. The largest absolute Gasteiger partial charge is 0.481 e. The number of hydrogen-bond acceptors (Lipinski definition) is 6. The van der Waals surface area contributed by atoms with Gasteiger partial charge in [-0.25, -0.2) is 0 Å². The number of nitrogens with two attached hydrogens (primary N) is 1. The fourth-order valence-electron chi connectivity index (χ4n) is 2.79. The Hall–Kier alpha value is -2.62. The number of hydrogen-bond donors (Lipinski definition) is 2. The van der Waals surface area contributed by atoms with Gasteiger partial charge < -0.3 is 15.7 Å². The first-order chi connectivity index (χ1) is 12.1. The van der Waals surface area contributed by atoms with E-state index in [0.717, 1.165) is 17.8 Å². The van der Waals surface area contributed by atoms with Gasteiger partial charge in [-0.05, 0) is 31.9 Å². The van der Waals surface area contributed by atoms with Crippen LogP contribution in [-0.2, 0) is 9.59 Å². The molecule has 2 rings (SSSR count). The lowest BCUT2D eigenvalue weighted by Crippen LogP contribution is -2.48. The molecule has 1 heterocycles. The van der Waals surface area contributed by atoms with Gasteiger partial charge in [0.15, 0.2) is 0 Å². The zero-order valence-electron chi connectivity index (χ0n) is 14.1. The average molecular weight is 381 g/mol. The van der Waals surface area contributed by atoms with E-state index < -0.39 is 22.2 Å². The second-order valence-corrected chi connectivity index (χ2v) is 7.39. The fraction of sp³-hybridized carbons (Fsp3) is 0.438. The number of nitrogens with zero attached hydrogens (tertiary/aromatic N) is 2. The van der Waals surface area contributed by atoms with Gasteiger partial charge in [0.1, 0.15) is 0 Å². The highest BCUT2D eigenvalue weighted by Gasteiger charge is 2.39. The maximum absolute atomic E-state index is 12.4. The van der Waals surface area contributed by atoms with E-state index in [4.69, 9.17) is 5.73 Å². The van der Waals surface area contributed by atoms with Crippen LogP contribution in [0.3, 0.4) is 0 Å². The number of nitro groups is 1. The molecule has 0 saturated carbocycles.